The molecule has 2 fully saturated rings. The standard InChI is InChI=1S/C16H22F2N2O2S2/c17-14-2-1-3-15(18)16(14)24(21,22)19-10-12-4-7-20(8-5-12)13-6-9-23-11-13/h1-3,12-13,19H,4-11H2/t13-/m1/s1. The highest BCUT2D eigenvalue weighted by atomic mass is 32.2. The number of thioether (sulfide) groups is 1. The van der Waals surface area contributed by atoms with E-state index in [0.29, 0.717) is 6.04 Å². The molecule has 8 heteroatoms. The van der Waals surface area contributed by atoms with Gasteiger partial charge < -0.3 is 0 Å². The average Bonchev–Trinajstić information content (AvgIpc) is 3.07. The van der Waals surface area contributed by atoms with Gasteiger partial charge in [-0.05, 0) is 56.2 Å². The number of likely N-dealkylation sites (tertiary alicyclic amines) is 1. The van der Waals surface area contributed by atoms with Crippen LogP contribution < -0.4 is 4.72 Å². The third-order valence-electron chi connectivity index (χ3n) is 4.82. The van der Waals surface area contributed by atoms with Crippen LogP contribution in [0.4, 0.5) is 8.78 Å². The zero-order valence-corrected chi connectivity index (χ0v) is 15.0. The van der Waals surface area contributed by atoms with Gasteiger partial charge in [-0.1, -0.05) is 6.07 Å². The lowest BCUT2D eigenvalue weighted by atomic mass is 9.96. The molecule has 4 nitrogen and oxygen atoms in total. The maximum absolute atomic E-state index is 13.7. The predicted molar refractivity (Wildman–Crippen MR) is 91.6 cm³/mol. The minimum absolute atomic E-state index is 0.208. The zero-order valence-electron chi connectivity index (χ0n) is 13.4. The third kappa shape index (κ3) is 4.09. The summed E-state index contributed by atoms with van der Waals surface area (Å²) in [5.41, 5.74) is 0. The van der Waals surface area contributed by atoms with Crippen molar-refractivity contribution in [2.75, 3.05) is 31.1 Å². The summed E-state index contributed by atoms with van der Waals surface area (Å²) in [5.74, 6) is 0.495. The Balaban J connectivity index is 1.54. The number of hydrogen-bond acceptors (Lipinski definition) is 4. The molecule has 2 heterocycles. The Hall–Kier alpha value is -0.700. The lowest BCUT2D eigenvalue weighted by molar-refractivity contribution is 0.145. The summed E-state index contributed by atoms with van der Waals surface area (Å²) >= 11 is 1.99. The smallest absolute Gasteiger partial charge is 0.246 e. The highest BCUT2D eigenvalue weighted by Gasteiger charge is 2.29. The fraction of sp³-hybridized carbons (Fsp3) is 0.625. The van der Waals surface area contributed by atoms with Gasteiger partial charge in [0.2, 0.25) is 10.0 Å². The Morgan fingerprint density at radius 3 is 2.42 bits per heavy atom. The monoisotopic (exact) mass is 376 g/mol. The van der Waals surface area contributed by atoms with Crippen molar-refractivity contribution < 1.29 is 17.2 Å². The first-order valence-corrected chi connectivity index (χ1v) is 10.9. The Morgan fingerprint density at radius 2 is 1.83 bits per heavy atom. The second-order valence-corrected chi connectivity index (χ2v) is 9.25. The molecule has 0 unspecified atom stereocenters. The Bertz CT molecular complexity index is 650. The fourth-order valence-electron chi connectivity index (χ4n) is 3.37. The maximum atomic E-state index is 13.7. The van der Waals surface area contributed by atoms with Crippen LogP contribution in [0.15, 0.2) is 23.1 Å². The molecule has 2 aliphatic rings. The lowest BCUT2D eigenvalue weighted by Crippen LogP contribution is -2.43. The van der Waals surface area contributed by atoms with E-state index in [2.05, 4.69) is 9.62 Å². The number of sulfonamides is 1. The van der Waals surface area contributed by atoms with Crippen LogP contribution in [0.25, 0.3) is 0 Å². The summed E-state index contributed by atoms with van der Waals surface area (Å²) in [4.78, 5) is 1.60. The lowest BCUT2D eigenvalue weighted by Gasteiger charge is -2.35. The van der Waals surface area contributed by atoms with Gasteiger partial charge in [-0.3, -0.25) is 4.90 Å². The Labute approximate surface area is 146 Å². The average molecular weight is 376 g/mol. The van der Waals surface area contributed by atoms with Crippen molar-refractivity contribution in [3.63, 3.8) is 0 Å². The van der Waals surface area contributed by atoms with Crippen molar-refractivity contribution >= 4 is 21.8 Å². The molecule has 24 heavy (non-hydrogen) atoms. The van der Waals surface area contributed by atoms with E-state index in [0.717, 1.165) is 44.1 Å². The summed E-state index contributed by atoms with van der Waals surface area (Å²) in [5, 5.41) is 0. The van der Waals surface area contributed by atoms with E-state index in [1.807, 2.05) is 11.8 Å². The molecule has 2 saturated heterocycles. The van der Waals surface area contributed by atoms with E-state index in [1.165, 1.54) is 17.9 Å². The van der Waals surface area contributed by atoms with E-state index in [4.69, 9.17) is 0 Å². The molecule has 0 bridgehead atoms. The number of halogens is 2. The number of hydrogen-bond donors (Lipinski definition) is 1. The number of nitrogens with one attached hydrogen (secondary N) is 1. The van der Waals surface area contributed by atoms with Gasteiger partial charge >= 0.3 is 0 Å². The summed E-state index contributed by atoms with van der Waals surface area (Å²) < 4.78 is 54.1. The minimum atomic E-state index is -4.17. The molecule has 0 spiro atoms. The second-order valence-electron chi connectivity index (χ2n) is 6.40. The van der Waals surface area contributed by atoms with Crippen LogP contribution in [0, 0.1) is 17.6 Å². The summed E-state index contributed by atoms with van der Waals surface area (Å²) in [6.45, 7) is 2.15. The number of benzene rings is 1. The van der Waals surface area contributed by atoms with E-state index in [-0.39, 0.29) is 12.5 Å². The summed E-state index contributed by atoms with van der Waals surface area (Å²) in [7, 11) is -4.17. The van der Waals surface area contributed by atoms with Crippen LogP contribution in [0.1, 0.15) is 19.3 Å². The largest absolute Gasteiger partial charge is 0.300 e. The number of piperidine rings is 1. The second kappa shape index (κ2) is 7.68. The van der Waals surface area contributed by atoms with Crippen LogP contribution in [0.5, 0.6) is 0 Å². The van der Waals surface area contributed by atoms with Crippen LogP contribution in [0.3, 0.4) is 0 Å². The quantitative estimate of drug-likeness (QED) is 0.858. The topological polar surface area (TPSA) is 49.4 Å². The molecule has 0 saturated carbocycles. The minimum Gasteiger partial charge on any atom is -0.300 e. The first-order chi connectivity index (χ1) is 11.5. The van der Waals surface area contributed by atoms with Crippen molar-refractivity contribution in [3.8, 4) is 0 Å². The van der Waals surface area contributed by atoms with E-state index < -0.39 is 26.6 Å². The van der Waals surface area contributed by atoms with Gasteiger partial charge in [-0.2, -0.15) is 11.8 Å². The molecule has 1 aromatic carbocycles. The molecule has 0 radical (unpaired) electrons. The third-order valence-corrected chi connectivity index (χ3v) is 7.44. The van der Waals surface area contributed by atoms with Gasteiger partial charge in [0.1, 0.15) is 11.6 Å². The first-order valence-electron chi connectivity index (χ1n) is 8.23. The van der Waals surface area contributed by atoms with Crippen LogP contribution in [-0.2, 0) is 10.0 Å². The highest BCUT2D eigenvalue weighted by molar-refractivity contribution is 7.99. The fourth-order valence-corrected chi connectivity index (χ4v) is 5.88. The van der Waals surface area contributed by atoms with Crippen molar-refractivity contribution in [3.05, 3.63) is 29.8 Å². The Morgan fingerprint density at radius 1 is 1.17 bits per heavy atom. The molecular weight excluding hydrogens is 354 g/mol. The van der Waals surface area contributed by atoms with Crippen molar-refractivity contribution in [2.45, 2.75) is 30.2 Å². The van der Waals surface area contributed by atoms with E-state index in [9.17, 15) is 17.2 Å². The normalized spacial score (nSPS) is 23.7. The molecule has 1 N–H and O–H groups in total. The number of nitrogens with zero attached hydrogens (tertiary/aromatic N) is 1. The SMILES string of the molecule is O=S(=O)(NCC1CCN([C@@H]2CCSC2)CC1)c1c(F)cccc1F. The molecule has 3 rings (SSSR count). The van der Waals surface area contributed by atoms with Crippen molar-refractivity contribution in [2.24, 2.45) is 5.92 Å². The molecule has 134 valence electrons. The molecular formula is C16H22F2N2O2S2. The van der Waals surface area contributed by atoms with Gasteiger partial charge in [0.15, 0.2) is 4.90 Å². The van der Waals surface area contributed by atoms with Crippen molar-refractivity contribution in [1.82, 2.24) is 9.62 Å². The van der Waals surface area contributed by atoms with Gasteiger partial charge in [0.25, 0.3) is 0 Å². The molecule has 2 aliphatic heterocycles. The molecule has 1 atom stereocenters. The highest BCUT2D eigenvalue weighted by Crippen LogP contribution is 2.27. The summed E-state index contributed by atoms with van der Waals surface area (Å²) in [6, 6.07) is 3.71. The molecule has 1 aromatic rings. The summed E-state index contributed by atoms with van der Waals surface area (Å²) in [6.07, 6.45) is 3.04. The van der Waals surface area contributed by atoms with Crippen LogP contribution in [0.2, 0.25) is 0 Å². The predicted octanol–water partition coefficient (Wildman–Crippen LogP) is 2.46. The van der Waals surface area contributed by atoms with Gasteiger partial charge in [-0.25, -0.2) is 21.9 Å². The molecule has 0 aliphatic carbocycles. The molecule has 0 amide bonds. The number of rotatable bonds is 5. The zero-order chi connectivity index (χ0) is 17.2. The Kier molecular flexibility index (Phi) is 5.79. The first kappa shape index (κ1) is 18.1. The van der Waals surface area contributed by atoms with Gasteiger partial charge in [0, 0.05) is 18.3 Å². The van der Waals surface area contributed by atoms with Crippen LogP contribution in [-0.4, -0.2) is 50.5 Å². The van der Waals surface area contributed by atoms with Gasteiger partial charge in [0.05, 0.1) is 0 Å². The van der Waals surface area contributed by atoms with E-state index >= 15 is 0 Å². The maximum Gasteiger partial charge on any atom is 0.246 e. The van der Waals surface area contributed by atoms with Gasteiger partial charge in [-0.15, -0.1) is 0 Å². The van der Waals surface area contributed by atoms with E-state index in [1.54, 1.807) is 0 Å². The van der Waals surface area contributed by atoms with Crippen LogP contribution >= 0.6 is 11.8 Å². The molecule has 0 aromatic heterocycles. The van der Waals surface area contributed by atoms with Crippen molar-refractivity contribution in [1.29, 1.82) is 0 Å².